The fourth-order valence-corrected chi connectivity index (χ4v) is 3.86. The second-order valence-corrected chi connectivity index (χ2v) is 6.87. The first kappa shape index (κ1) is 17.7. The zero-order chi connectivity index (χ0) is 17.6. The summed E-state index contributed by atoms with van der Waals surface area (Å²) in [6, 6.07) is 9.74. The van der Waals surface area contributed by atoms with E-state index in [2.05, 4.69) is 5.32 Å². The number of ether oxygens (including phenoxy) is 1. The van der Waals surface area contributed by atoms with Crippen LogP contribution in [0.2, 0.25) is 0 Å². The summed E-state index contributed by atoms with van der Waals surface area (Å²) in [7, 11) is 0. The number of fused-ring (bicyclic) bond motifs is 1. The van der Waals surface area contributed by atoms with Crippen molar-refractivity contribution < 1.29 is 19.4 Å². The molecule has 3 rings (SSSR count). The lowest BCUT2D eigenvalue weighted by Crippen LogP contribution is -2.56. The average Bonchev–Trinajstić information content (AvgIpc) is 3.09. The van der Waals surface area contributed by atoms with Gasteiger partial charge in [-0.1, -0.05) is 30.3 Å². The van der Waals surface area contributed by atoms with Crippen molar-refractivity contribution in [1.82, 2.24) is 10.2 Å². The lowest BCUT2D eigenvalue weighted by atomic mass is 10.0. The van der Waals surface area contributed by atoms with Crippen LogP contribution in [0.25, 0.3) is 0 Å². The van der Waals surface area contributed by atoms with Crippen LogP contribution in [0.5, 0.6) is 0 Å². The SMILES string of the molecule is O=C(O)CCC(Cc1ccccc1)NC(=O)N1CCOC2CCCC21. The van der Waals surface area contributed by atoms with Gasteiger partial charge < -0.3 is 20.1 Å². The number of hydrogen-bond donors (Lipinski definition) is 2. The smallest absolute Gasteiger partial charge is 0.318 e. The van der Waals surface area contributed by atoms with E-state index in [-0.39, 0.29) is 30.6 Å². The van der Waals surface area contributed by atoms with Gasteiger partial charge in [0.05, 0.1) is 18.8 Å². The number of nitrogens with one attached hydrogen (secondary N) is 1. The van der Waals surface area contributed by atoms with Crippen molar-refractivity contribution in [2.24, 2.45) is 0 Å². The van der Waals surface area contributed by atoms with Crippen molar-refractivity contribution in [3.05, 3.63) is 35.9 Å². The molecule has 2 aliphatic rings. The predicted molar refractivity (Wildman–Crippen MR) is 93.4 cm³/mol. The van der Waals surface area contributed by atoms with Gasteiger partial charge in [0.1, 0.15) is 0 Å². The molecule has 6 nitrogen and oxygen atoms in total. The normalized spacial score (nSPS) is 23.8. The zero-order valence-corrected chi connectivity index (χ0v) is 14.4. The van der Waals surface area contributed by atoms with Gasteiger partial charge in [-0.25, -0.2) is 4.79 Å². The van der Waals surface area contributed by atoms with Crippen molar-refractivity contribution in [3.8, 4) is 0 Å². The second kappa shape index (κ2) is 8.34. The first-order valence-electron chi connectivity index (χ1n) is 9.08. The first-order chi connectivity index (χ1) is 12.1. The number of carbonyl (C=O) groups excluding carboxylic acids is 1. The molecule has 3 unspecified atom stereocenters. The molecular weight excluding hydrogens is 320 g/mol. The van der Waals surface area contributed by atoms with Gasteiger partial charge in [-0.05, 0) is 37.7 Å². The fraction of sp³-hybridized carbons (Fsp3) is 0.579. The Balaban J connectivity index is 1.63. The number of amides is 2. The van der Waals surface area contributed by atoms with E-state index < -0.39 is 5.97 Å². The van der Waals surface area contributed by atoms with E-state index in [1.165, 1.54) is 0 Å². The summed E-state index contributed by atoms with van der Waals surface area (Å²) in [5, 5.41) is 12.1. The number of hydrogen-bond acceptors (Lipinski definition) is 3. The number of carboxylic acid groups (broad SMARTS) is 1. The van der Waals surface area contributed by atoms with E-state index in [0.29, 0.717) is 26.0 Å². The average molecular weight is 346 g/mol. The third-order valence-corrected chi connectivity index (χ3v) is 5.10. The van der Waals surface area contributed by atoms with E-state index >= 15 is 0 Å². The minimum absolute atomic E-state index is 0.0486. The number of nitrogens with zero attached hydrogens (tertiary/aromatic N) is 1. The number of benzene rings is 1. The molecule has 136 valence electrons. The highest BCUT2D eigenvalue weighted by Crippen LogP contribution is 2.29. The Morgan fingerprint density at radius 3 is 2.84 bits per heavy atom. The maximum Gasteiger partial charge on any atom is 0.318 e. The van der Waals surface area contributed by atoms with Crippen LogP contribution >= 0.6 is 0 Å². The van der Waals surface area contributed by atoms with Gasteiger partial charge in [0.2, 0.25) is 0 Å². The molecule has 1 saturated carbocycles. The lowest BCUT2D eigenvalue weighted by molar-refractivity contribution is -0.137. The van der Waals surface area contributed by atoms with Gasteiger partial charge in [0.25, 0.3) is 0 Å². The van der Waals surface area contributed by atoms with E-state index in [4.69, 9.17) is 9.84 Å². The Labute approximate surface area is 148 Å². The third-order valence-electron chi connectivity index (χ3n) is 5.10. The quantitative estimate of drug-likeness (QED) is 0.829. The highest BCUT2D eigenvalue weighted by atomic mass is 16.5. The molecule has 1 aromatic rings. The fourth-order valence-electron chi connectivity index (χ4n) is 3.86. The molecular formula is C19H26N2O4. The standard InChI is InChI=1S/C19H26N2O4/c22-18(23)10-9-15(13-14-5-2-1-3-6-14)20-19(24)21-11-12-25-17-8-4-7-16(17)21/h1-3,5-6,15-17H,4,7-13H2,(H,20,24)(H,22,23). The van der Waals surface area contributed by atoms with Gasteiger partial charge in [-0.3, -0.25) is 4.79 Å². The summed E-state index contributed by atoms with van der Waals surface area (Å²) in [6.07, 6.45) is 4.36. The van der Waals surface area contributed by atoms with E-state index in [9.17, 15) is 9.59 Å². The van der Waals surface area contributed by atoms with Gasteiger partial charge in [-0.15, -0.1) is 0 Å². The maximum atomic E-state index is 12.8. The molecule has 2 N–H and O–H groups in total. The molecule has 2 amide bonds. The van der Waals surface area contributed by atoms with Crippen LogP contribution in [-0.4, -0.2) is 53.3 Å². The molecule has 1 aliphatic heterocycles. The van der Waals surface area contributed by atoms with Crippen molar-refractivity contribution in [1.29, 1.82) is 0 Å². The minimum Gasteiger partial charge on any atom is -0.481 e. The molecule has 0 radical (unpaired) electrons. The summed E-state index contributed by atoms with van der Waals surface area (Å²) < 4.78 is 5.76. The first-order valence-corrected chi connectivity index (χ1v) is 9.08. The number of morpholine rings is 1. The van der Waals surface area contributed by atoms with Gasteiger partial charge >= 0.3 is 12.0 Å². The summed E-state index contributed by atoms with van der Waals surface area (Å²) in [6.45, 7) is 1.18. The van der Waals surface area contributed by atoms with Crippen molar-refractivity contribution in [2.45, 2.75) is 56.7 Å². The molecule has 1 aromatic carbocycles. The monoisotopic (exact) mass is 346 g/mol. The highest BCUT2D eigenvalue weighted by Gasteiger charge is 2.38. The van der Waals surface area contributed by atoms with Crippen LogP contribution in [0.4, 0.5) is 4.79 Å². The number of urea groups is 1. The topological polar surface area (TPSA) is 78.9 Å². The van der Waals surface area contributed by atoms with E-state index in [1.54, 1.807) is 0 Å². The van der Waals surface area contributed by atoms with Crippen LogP contribution in [0.15, 0.2) is 30.3 Å². The van der Waals surface area contributed by atoms with Crippen LogP contribution in [0, 0.1) is 0 Å². The molecule has 6 heteroatoms. The van der Waals surface area contributed by atoms with E-state index in [0.717, 1.165) is 24.8 Å². The Bertz CT molecular complexity index is 592. The van der Waals surface area contributed by atoms with Crippen LogP contribution in [0.1, 0.15) is 37.7 Å². The van der Waals surface area contributed by atoms with E-state index in [1.807, 2.05) is 35.2 Å². The van der Waals surface area contributed by atoms with Gasteiger partial charge in [0, 0.05) is 19.0 Å². The number of aliphatic carboxylic acids is 1. The Kier molecular flexibility index (Phi) is 5.91. The van der Waals surface area contributed by atoms with Crippen LogP contribution in [-0.2, 0) is 16.0 Å². The largest absolute Gasteiger partial charge is 0.481 e. The summed E-state index contributed by atoms with van der Waals surface area (Å²) in [5.41, 5.74) is 1.10. The Hall–Kier alpha value is -2.08. The third kappa shape index (κ3) is 4.72. The molecule has 0 bridgehead atoms. The zero-order valence-electron chi connectivity index (χ0n) is 14.4. The van der Waals surface area contributed by atoms with Crippen LogP contribution < -0.4 is 5.32 Å². The highest BCUT2D eigenvalue weighted by molar-refractivity contribution is 5.75. The summed E-state index contributed by atoms with van der Waals surface area (Å²) in [5.74, 6) is -0.838. The summed E-state index contributed by atoms with van der Waals surface area (Å²) >= 11 is 0. The van der Waals surface area contributed by atoms with Gasteiger partial charge in [0.15, 0.2) is 0 Å². The predicted octanol–water partition coefficient (Wildman–Crippen LogP) is 2.43. The molecule has 0 spiro atoms. The molecule has 1 aliphatic carbocycles. The van der Waals surface area contributed by atoms with Gasteiger partial charge in [-0.2, -0.15) is 0 Å². The second-order valence-electron chi connectivity index (χ2n) is 6.87. The van der Waals surface area contributed by atoms with Crippen molar-refractivity contribution in [2.75, 3.05) is 13.2 Å². The van der Waals surface area contributed by atoms with Crippen LogP contribution in [0.3, 0.4) is 0 Å². The molecule has 0 aromatic heterocycles. The maximum absolute atomic E-state index is 12.8. The number of carboxylic acids is 1. The molecule has 1 saturated heterocycles. The van der Waals surface area contributed by atoms with Crippen molar-refractivity contribution in [3.63, 3.8) is 0 Å². The Morgan fingerprint density at radius 2 is 2.08 bits per heavy atom. The molecule has 1 heterocycles. The molecule has 2 fully saturated rings. The number of carbonyl (C=O) groups is 2. The lowest BCUT2D eigenvalue weighted by Gasteiger charge is -2.38. The molecule has 3 atom stereocenters. The Morgan fingerprint density at radius 1 is 1.28 bits per heavy atom. The summed E-state index contributed by atoms with van der Waals surface area (Å²) in [4.78, 5) is 25.6. The number of rotatable bonds is 6. The molecule has 25 heavy (non-hydrogen) atoms. The minimum atomic E-state index is -0.838. The van der Waals surface area contributed by atoms with Crippen molar-refractivity contribution >= 4 is 12.0 Å².